The van der Waals surface area contributed by atoms with Crippen molar-refractivity contribution in [3.05, 3.63) is 89.5 Å². The summed E-state index contributed by atoms with van der Waals surface area (Å²) < 4.78 is 66.0. The molecule has 1 N–H and O–H groups in total. The Balaban J connectivity index is 1.23. The van der Waals surface area contributed by atoms with Gasteiger partial charge in [-0.05, 0) is 54.0 Å². The van der Waals surface area contributed by atoms with Crippen LogP contribution in [0.3, 0.4) is 0 Å². The Morgan fingerprint density at radius 2 is 1.73 bits per heavy atom. The fraction of sp³-hybridized carbons (Fsp3) is 0.286. The molecule has 208 valence electrons. The van der Waals surface area contributed by atoms with E-state index in [0.29, 0.717) is 23.2 Å². The van der Waals surface area contributed by atoms with Crippen LogP contribution >= 0.6 is 0 Å². The Morgan fingerprint density at radius 3 is 2.45 bits per heavy atom. The van der Waals surface area contributed by atoms with Crippen molar-refractivity contribution in [3.63, 3.8) is 0 Å². The van der Waals surface area contributed by atoms with Gasteiger partial charge in [0.2, 0.25) is 5.91 Å². The number of likely N-dealkylation sites (tertiary alicyclic amines) is 1. The quantitative estimate of drug-likeness (QED) is 0.293. The molecular formula is C28H24F5N5O2. The number of pyridine rings is 1. The second kappa shape index (κ2) is 11.0. The van der Waals surface area contributed by atoms with E-state index in [0.717, 1.165) is 16.3 Å². The highest BCUT2D eigenvalue weighted by atomic mass is 19.4. The molecule has 0 unspecified atom stereocenters. The molecule has 0 spiro atoms. The van der Waals surface area contributed by atoms with Gasteiger partial charge in [-0.15, -0.1) is 0 Å². The maximum atomic E-state index is 13.3. The van der Waals surface area contributed by atoms with Crippen molar-refractivity contribution < 1.29 is 31.5 Å². The third-order valence-electron chi connectivity index (χ3n) is 6.97. The number of rotatable bonds is 6. The van der Waals surface area contributed by atoms with Crippen LogP contribution in [0.4, 0.5) is 27.6 Å². The third-order valence-corrected chi connectivity index (χ3v) is 6.97. The predicted octanol–water partition coefficient (Wildman–Crippen LogP) is 6.05. The van der Waals surface area contributed by atoms with Crippen LogP contribution < -0.4 is 5.32 Å². The van der Waals surface area contributed by atoms with E-state index in [1.165, 1.54) is 4.90 Å². The van der Waals surface area contributed by atoms with Gasteiger partial charge in [-0.2, -0.15) is 18.3 Å². The van der Waals surface area contributed by atoms with Crippen LogP contribution in [0.15, 0.2) is 66.9 Å². The topological polar surface area (TPSA) is 80.1 Å². The molecule has 40 heavy (non-hydrogen) atoms. The average molecular weight is 558 g/mol. The SMILES string of the molecule is O=C(Nc1cccc2ccccc12)c1cc(C2CCN(C(=O)Cn3nc(C(F)F)cc3C(F)(F)F)CC2)ccn1. The van der Waals surface area contributed by atoms with Gasteiger partial charge in [0.05, 0.1) is 0 Å². The highest BCUT2D eigenvalue weighted by Crippen LogP contribution is 2.33. The van der Waals surface area contributed by atoms with E-state index in [1.54, 1.807) is 18.3 Å². The summed E-state index contributed by atoms with van der Waals surface area (Å²) in [6, 6.07) is 17.0. The van der Waals surface area contributed by atoms with Crippen molar-refractivity contribution in [2.75, 3.05) is 18.4 Å². The summed E-state index contributed by atoms with van der Waals surface area (Å²) in [5.74, 6) is -1.01. The first-order chi connectivity index (χ1) is 19.1. The number of hydrogen-bond acceptors (Lipinski definition) is 4. The van der Waals surface area contributed by atoms with E-state index >= 15 is 0 Å². The molecule has 0 aliphatic carbocycles. The Bertz CT molecular complexity index is 1540. The zero-order valence-corrected chi connectivity index (χ0v) is 21.0. The van der Waals surface area contributed by atoms with E-state index in [4.69, 9.17) is 0 Å². The Morgan fingerprint density at radius 1 is 1.00 bits per heavy atom. The number of alkyl halides is 5. The molecule has 2 aromatic carbocycles. The highest BCUT2D eigenvalue weighted by molar-refractivity contribution is 6.08. The number of benzene rings is 2. The van der Waals surface area contributed by atoms with Gasteiger partial charge in [-0.1, -0.05) is 36.4 Å². The summed E-state index contributed by atoms with van der Waals surface area (Å²) in [6.07, 6.45) is -5.55. The van der Waals surface area contributed by atoms with Crippen LogP contribution in [0.5, 0.6) is 0 Å². The van der Waals surface area contributed by atoms with Gasteiger partial charge in [0.15, 0.2) is 0 Å². The molecule has 1 saturated heterocycles. The molecule has 3 heterocycles. The number of aromatic nitrogens is 3. The lowest BCUT2D eigenvalue weighted by Gasteiger charge is -2.32. The zero-order chi connectivity index (χ0) is 28.4. The molecule has 2 amide bonds. The average Bonchev–Trinajstić information content (AvgIpc) is 3.38. The maximum absolute atomic E-state index is 13.3. The minimum Gasteiger partial charge on any atom is -0.341 e. The summed E-state index contributed by atoms with van der Waals surface area (Å²) >= 11 is 0. The van der Waals surface area contributed by atoms with Crippen LogP contribution in [0.2, 0.25) is 0 Å². The smallest absolute Gasteiger partial charge is 0.341 e. The molecule has 0 radical (unpaired) electrons. The minimum atomic E-state index is -4.92. The molecule has 12 heteroatoms. The maximum Gasteiger partial charge on any atom is 0.433 e. The third kappa shape index (κ3) is 5.80. The van der Waals surface area contributed by atoms with E-state index in [1.807, 2.05) is 42.5 Å². The fourth-order valence-electron chi connectivity index (χ4n) is 4.93. The normalized spacial score (nSPS) is 14.6. The van der Waals surface area contributed by atoms with Crippen LogP contribution in [-0.2, 0) is 17.5 Å². The standard InChI is InChI=1S/C28H24F5N5O2/c29-26(30)22-15-24(28(31,32)33)38(36-22)16-25(39)37-12-9-17(10-13-37)19-8-11-34-23(14-19)27(40)35-21-7-3-5-18-4-1-2-6-20(18)21/h1-8,11,14-15,17,26H,9-10,12-13,16H2,(H,35,40). The van der Waals surface area contributed by atoms with Crippen molar-refractivity contribution in [2.45, 2.75) is 37.9 Å². The number of nitrogens with one attached hydrogen (secondary N) is 1. The van der Waals surface area contributed by atoms with Crippen molar-refractivity contribution in [1.82, 2.24) is 19.7 Å². The summed E-state index contributed by atoms with van der Waals surface area (Å²) in [4.78, 5) is 31.3. The lowest BCUT2D eigenvalue weighted by Crippen LogP contribution is -2.40. The summed E-state index contributed by atoms with van der Waals surface area (Å²) in [5.41, 5.74) is -0.669. The summed E-state index contributed by atoms with van der Waals surface area (Å²) in [7, 11) is 0. The lowest BCUT2D eigenvalue weighted by atomic mass is 9.89. The highest BCUT2D eigenvalue weighted by Gasteiger charge is 2.38. The lowest BCUT2D eigenvalue weighted by molar-refractivity contribution is -0.146. The molecule has 2 aromatic heterocycles. The molecule has 0 bridgehead atoms. The first-order valence-corrected chi connectivity index (χ1v) is 12.6. The van der Waals surface area contributed by atoms with Gasteiger partial charge in [0.1, 0.15) is 23.6 Å². The minimum absolute atomic E-state index is 0.00275. The van der Waals surface area contributed by atoms with Crippen LogP contribution in [0, 0.1) is 0 Å². The molecule has 0 saturated carbocycles. The van der Waals surface area contributed by atoms with Gasteiger partial charge in [-0.25, -0.2) is 8.78 Å². The Labute approximate surface area is 225 Å². The van der Waals surface area contributed by atoms with E-state index in [2.05, 4.69) is 15.4 Å². The van der Waals surface area contributed by atoms with Gasteiger partial charge in [-0.3, -0.25) is 19.3 Å². The van der Waals surface area contributed by atoms with Crippen LogP contribution in [0.1, 0.15) is 52.6 Å². The second-order valence-corrected chi connectivity index (χ2v) is 9.52. The van der Waals surface area contributed by atoms with Crippen molar-refractivity contribution in [3.8, 4) is 0 Å². The first-order valence-electron chi connectivity index (χ1n) is 12.6. The predicted molar refractivity (Wildman–Crippen MR) is 137 cm³/mol. The van der Waals surface area contributed by atoms with E-state index in [-0.39, 0.29) is 36.7 Å². The molecular weight excluding hydrogens is 533 g/mol. The van der Waals surface area contributed by atoms with Crippen LogP contribution in [0.25, 0.3) is 10.8 Å². The van der Waals surface area contributed by atoms with Gasteiger partial charge in [0, 0.05) is 30.4 Å². The van der Waals surface area contributed by atoms with Crippen molar-refractivity contribution in [1.29, 1.82) is 0 Å². The number of anilines is 1. The monoisotopic (exact) mass is 557 g/mol. The summed E-state index contributed by atoms with van der Waals surface area (Å²) in [5, 5.41) is 8.10. The van der Waals surface area contributed by atoms with Gasteiger partial charge < -0.3 is 10.2 Å². The molecule has 4 aromatic rings. The molecule has 1 fully saturated rings. The summed E-state index contributed by atoms with van der Waals surface area (Å²) in [6.45, 7) is -0.276. The number of carbonyl (C=O) groups excluding carboxylic acids is 2. The molecule has 0 atom stereocenters. The number of fused-ring (bicyclic) bond motifs is 1. The first kappa shape index (κ1) is 27.2. The number of piperidine rings is 1. The molecule has 7 nitrogen and oxygen atoms in total. The number of nitrogens with zero attached hydrogens (tertiary/aromatic N) is 4. The van der Waals surface area contributed by atoms with E-state index in [9.17, 15) is 31.5 Å². The largest absolute Gasteiger partial charge is 0.433 e. The number of carbonyl (C=O) groups is 2. The van der Waals surface area contributed by atoms with Crippen molar-refractivity contribution >= 4 is 28.3 Å². The second-order valence-electron chi connectivity index (χ2n) is 9.52. The Hall–Kier alpha value is -4.35. The van der Waals surface area contributed by atoms with E-state index < -0.39 is 36.4 Å². The van der Waals surface area contributed by atoms with Crippen molar-refractivity contribution in [2.24, 2.45) is 0 Å². The van der Waals surface area contributed by atoms with Gasteiger partial charge in [0.25, 0.3) is 12.3 Å². The zero-order valence-electron chi connectivity index (χ0n) is 21.0. The number of halogens is 5. The number of amides is 2. The number of hydrogen-bond donors (Lipinski definition) is 1. The molecule has 1 aliphatic heterocycles. The Kier molecular flexibility index (Phi) is 7.51. The van der Waals surface area contributed by atoms with Crippen LogP contribution in [-0.4, -0.2) is 44.6 Å². The van der Waals surface area contributed by atoms with Gasteiger partial charge >= 0.3 is 6.18 Å². The molecule has 5 rings (SSSR count). The molecule has 1 aliphatic rings. The fourth-order valence-corrected chi connectivity index (χ4v) is 4.93.